The van der Waals surface area contributed by atoms with E-state index in [0.29, 0.717) is 0 Å². The first-order chi connectivity index (χ1) is 6.43. The lowest BCUT2D eigenvalue weighted by molar-refractivity contribution is -0.138. The van der Waals surface area contributed by atoms with E-state index in [0.717, 1.165) is 0 Å². The summed E-state index contributed by atoms with van der Waals surface area (Å²) in [6.07, 6.45) is 5.01. The Bertz CT molecular complexity index is 264. The largest absolute Gasteiger partial charge is 0.480 e. The molecule has 1 rings (SSSR count). The van der Waals surface area contributed by atoms with Crippen LogP contribution in [-0.4, -0.2) is 28.7 Å². The summed E-state index contributed by atoms with van der Waals surface area (Å²) in [4.78, 5) is 30.1. The van der Waals surface area contributed by atoms with E-state index in [2.05, 4.69) is 0 Å². The Morgan fingerprint density at radius 3 is 1.57 bits per heavy atom. The van der Waals surface area contributed by atoms with Crippen LogP contribution in [0, 0.1) is 0 Å². The van der Waals surface area contributed by atoms with E-state index in [1.807, 2.05) is 0 Å². The van der Waals surface area contributed by atoms with E-state index >= 15 is 0 Å². The van der Waals surface area contributed by atoms with Gasteiger partial charge in [0, 0.05) is 0 Å². The summed E-state index contributed by atoms with van der Waals surface area (Å²) in [5.41, 5.74) is 4.84. The normalized spacial score (nSPS) is 15.9. The Balaban J connectivity index is 0.000000255. The van der Waals surface area contributed by atoms with Crippen LogP contribution in [0.15, 0.2) is 24.3 Å². The summed E-state index contributed by atoms with van der Waals surface area (Å²) in [6.45, 7) is 1.42. The van der Waals surface area contributed by atoms with E-state index in [-0.39, 0.29) is 11.6 Å². The number of allylic oxidation sites excluding steroid dienone is 4. The lowest BCUT2D eigenvalue weighted by atomic mass is 10.2. The van der Waals surface area contributed by atoms with Gasteiger partial charge in [-0.25, -0.2) is 0 Å². The zero-order valence-electron chi connectivity index (χ0n) is 7.64. The first-order valence-corrected chi connectivity index (χ1v) is 3.86. The molecular weight excluding hydrogens is 186 g/mol. The molecule has 0 aromatic carbocycles. The summed E-state index contributed by atoms with van der Waals surface area (Å²) in [5.74, 6) is -1.20. The summed E-state index contributed by atoms with van der Waals surface area (Å²) >= 11 is 0. The number of nitrogens with two attached hydrogens (primary N) is 1. The molecule has 1 atom stereocenters. The van der Waals surface area contributed by atoms with Gasteiger partial charge in [0.2, 0.25) is 0 Å². The van der Waals surface area contributed by atoms with Gasteiger partial charge in [-0.3, -0.25) is 14.4 Å². The predicted octanol–water partition coefficient (Wildman–Crippen LogP) is -0.331. The van der Waals surface area contributed by atoms with Gasteiger partial charge in [0.25, 0.3) is 0 Å². The minimum atomic E-state index is -0.963. The molecule has 14 heavy (non-hydrogen) atoms. The van der Waals surface area contributed by atoms with Crippen molar-refractivity contribution in [1.29, 1.82) is 0 Å². The molecule has 76 valence electrons. The Kier molecular flexibility index (Phi) is 5.09. The van der Waals surface area contributed by atoms with Crippen LogP contribution in [0.1, 0.15) is 6.92 Å². The second-order valence-electron chi connectivity index (χ2n) is 2.60. The van der Waals surface area contributed by atoms with Gasteiger partial charge in [-0.15, -0.1) is 0 Å². The number of carboxylic acid groups (broad SMARTS) is 1. The van der Waals surface area contributed by atoms with Crippen LogP contribution < -0.4 is 5.73 Å². The molecule has 1 aliphatic carbocycles. The first kappa shape index (κ1) is 12.2. The third kappa shape index (κ3) is 5.84. The number of ketones is 2. The van der Waals surface area contributed by atoms with Gasteiger partial charge in [-0.2, -0.15) is 0 Å². The van der Waals surface area contributed by atoms with Gasteiger partial charge < -0.3 is 10.8 Å². The lowest BCUT2D eigenvalue weighted by Crippen LogP contribution is -2.25. The van der Waals surface area contributed by atoms with E-state index in [4.69, 9.17) is 10.8 Å². The highest BCUT2D eigenvalue weighted by atomic mass is 16.4. The van der Waals surface area contributed by atoms with Gasteiger partial charge in [-0.05, 0) is 31.2 Å². The third-order valence-electron chi connectivity index (χ3n) is 1.21. The van der Waals surface area contributed by atoms with Gasteiger partial charge in [0.1, 0.15) is 6.04 Å². The topological polar surface area (TPSA) is 97.5 Å². The average Bonchev–Trinajstić information content (AvgIpc) is 2.11. The number of carbonyl (C=O) groups excluding carboxylic acids is 2. The highest BCUT2D eigenvalue weighted by Crippen LogP contribution is 1.90. The Hall–Kier alpha value is -1.75. The van der Waals surface area contributed by atoms with E-state index in [1.54, 1.807) is 0 Å². The summed E-state index contributed by atoms with van der Waals surface area (Å²) in [6, 6.07) is -0.731. The highest BCUT2D eigenvalue weighted by molar-refractivity contribution is 6.14. The summed E-state index contributed by atoms with van der Waals surface area (Å²) in [5, 5.41) is 7.87. The molecule has 3 N–H and O–H groups in total. The Labute approximate surface area is 80.9 Å². The number of rotatable bonds is 1. The molecular formula is C9H11NO4. The van der Waals surface area contributed by atoms with Crippen LogP contribution >= 0.6 is 0 Å². The van der Waals surface area contributed by atoms with E-state index < -0.39 is 12.0 Å². The molecule has 0 heterocycles. The second-order valence-corrected chi connectivity index (χ2v) is 2.60. The number of carboxylic acids is 1. The average molecular weight is 197 g/mol. The van der Waals surface area contributed by atoms with Crippen molar-refractivity contribution in [2.75, 3.05) is 0 Å². The fourth-order valence-corrected chi connectivity index (χ4v) is 0.440. The number of aliphatic carboxylic acids is 1. The van der Waals surface area contributed by atoms with Crippen LogP contribution in [0.4, 0.5) is 0 Å². The Morgan fingerprint density at radius 1 is 1.21 bits per heavy atom. The maximum absolute atomic E-state index is 10.3. The fourth-order valence-electron chi connectivity index (χ4n) is 0.440. The molecule has 0 bridgehead atoms. The molecule has 0 aromatic heterocycles. The zero-order chi connectivity index (χ0) is 11.1. The monoisotopic (exact) mass is 197 g/mol. The summed E-state index contributed by atoms with van der Waals surface area (Å²) < 4.78 is 0. The van der Waals surface area contributed by atoms with E-state index in [9.17, 15) is 14.4 Å². The molecule has 5 heteroatoms. The van der Waals surface area contributed by atoms with Crippen molar-refractivity contribution < 1.29 is 19.5 Å². The first-order valence-electron chi connectivity index (χ1n) is 3.86. The van der Waals surface area contributed by atoms with Crippen molar-refractivity contribution in [3.8, 4) is 0 Å². The number of hydrogen-bond donors (Lipinski definition) is 2. The van der Waals surface area contributed by atoms with Gasteiger partial charge in [-0.1, -0.05) is 0 Å². The SMILES string of the molecule is CC(N)C(=O)O.O=C1C=CC(=O)C=C1. The van der Waals surface area contributed by atoms with Crippen LogP contribution in [0.25, 0.3) is 0 Å². The fraction of sp³-hybridized carbons (Fsp3) is 0.222. The van der Waals surface area contributed by atoms with Gasteiger partial charge in [0.05, 0.1) is 0 Å². The molecule has 0 saturated carbocycles. The maximum Gasteiger partial charge on any atom is 0.320 e. The van der Waals surface area contributed by atoms with Crippen LogP contribution in [0.2, 0.25) is 0 Å². The molecule has 0 fully saturated rings. The van der Waals surface area contributed by atoms with Crippen LogP contribution in [0.5, 0.6) is 0 Å². The Morgan fingerprint density at radius 2 is 1.43 bits per heavy atom. The smallest absolute Gasteiger partial charge is 0.320 e. The second kappa shape index (κ2) is 5.82. The number of carbonyl (C=O) groups is 3. The molecule has 5 nitrogen and oxygen atoms in total. The summed E-state index contributed by atoms with van der Waals surface area (Å²) in [7, 11) is 0. The van der Waals surface area contributed by atoms with Crippen molar-refractivity contribution in [2.45, 2.75) is 13.0 Å². The van der Waals surface area contributed by atoms with Gasteiger partial charge in [0.15, 0.2) is 11.6 Å². The third-order valence-corrected chi connectivity index (χ3v) is 1.21. The van der Waals surface area contributed by atoms with Crippen molar-refractivity contribution in [3.05, 3.63) is 24.3 Å². The zero-order valence-corrected chi connectivity index (χ0v) is 7.64. The molecule has 0 amide bonds. The lowest BCUT2D eigenvalue weighted by Gasteiger charge is -1.90. The predicted molar refractivity (Wildman–Crippen MR) is 49.6 cm³/mol. The molecule has 0 saturated heterocycles. The molecule has 0 radical (unpaired) electrons. The maximum atomic E-state index is 10.3. The molecule has 1 aliphatic rings. The van der Waals surface area contributed by atoms with Crippen LogP contribution in [0.3, 0.4) is 0 Å². The van der Waals surface area contributed by atoms with E-state index in [1.165, 1.54) is 31.2 Å². The minimum absolute atomic E-state index is 0.121. The standard InChI is InChI=1S/C6H4O2.C3H7NO2/c7-5-1-2-6(8)4-3-5;1-2(4)3(5)6/h1-4H;2H,4H2,1H3,(H,5,6). The van der Waals surface area contributed by atoms with Crippen molar-refractivity contribution in [1.82, 2.24) is 0 Å². The van der Waals surface area contributed by atoms with Crippen molar-refractivity contribution in [3.63, 3.8) is 0 Å². The molecule has 0 aliphatic heterocycles. The van der Waals surface area contributed by atoms with Crippen LogP contribution in [-0.2, 0) is 14.4 Å². The molecule has 1 unspecified atom stereocenters. The highest BCUT2D eigenvalue weighted by Gasteiger charge is 1.99. The molecule has 0 spiro atoms. The van der Waals surface area contributed by atoms with Gasteiger partial charge >= 0.3 is 5.97 Å². The van der Waals surface area contributed by atoms with Crippen molar-refractivity contribution >= 4 is 17.5 Å². The number of hydrogen-bond acceptors (Lipinski definition) is 4. The quantitative estimate of drug-likeness (QED) is 0.561. The van der Waals surface area contributed by atoms with Crippen molar-refractivity contribution in [2.24, 2.45) is 5.73 Å². The molecule has 0 aromatic rings. The minimum Gasteiger partial charge on any atom is -0.480 e.